The number of rotatable bonds is 5. The van der Waals surface area contributed by atoms with Crippen molar-refractivity contribution in [3.8, 4) is 0 Å². The molecular formula is C10H19F3N2O. The molecule has 1 fully saturated rings. The van der Waals surface area contributed by atoms with Crippen LogP contribution in [-0.4, -0.2) is 57.0 Å². The number of hydrogen-bond donors (Lipinski definition) is 1. The summed E-state index contributed by atoms with van der Waals surface area (Å²) in [6.07, 6.45) is -4.52. The quantitative estimate of drug-likeness (QED) is 0.732. The van der Waals surface area contributed by atoms with Gasteiger partial charge in [-0.1, -0.05) is 0 Å². The Bertz CT molecular complexity index is 199. The number of alkyl halides is 3. The van der Waals surface area contributed by atoms with Crippen LogP contribution in [0.4, 0.5) is 13.2 Å². The Morgan fingerprint density at radius 2 is 2.19 bits per heavy atom. The van der Waals surface area contributed by atoms with Crippen molar-refractivity contribution in [2.45, 2.75) is 25.1 Å². The smallest absolute Gasteiger partial charge is 0.374 e. The highest BCUT2D eigenvalue weighted by Crippen LogP contribution is 2.20. The molecule has 1 aliphatic heterocycles. The van der Waals surface area contributed by atoms with Crippen molar-refractivity contribution in [2.24, 2.45) is 0 Å². The van der Waals surface area contributed by atoms with Crippen molar-refractivity contribution < 1.29 is 17.9 Å². The van der Waals surface area contributed by atoms with Crippen LogP contribution in [0, 0.1) is 0 Å². The SMILES string of the molecule is CN1CCOC(CNCCCC(F)(F)F)C1. The van der Waals surface area contributed by atoms with E-state index in [0.717, 1.165) is 13.1 Å². The van der Waals surface area contributed by atoms with E-state index in [1.807, 2.05) is 7.05 Å². The second-order valence-corrected chi connectivity index (χ2v) is 4.18. The molecule has 1 aliphatic rings. The fourth-order valence-electron chi connectivity index (χ4n) is 1.67. The zero-order chi connectivity index (χ0) is 12.0. The first-order valence-electron chi connectivity index (χ1n) is 5.55. The van der Waals surface area contributed by atoms with Gasteiger partial charge in [0.05, 0.1) is 12.7 Å². The average Bonchev–Trinajstić information content (AvgIpc) is 2.15. The Balaban J connectivity index is 1.98. The Hall–Kier alpha value is -0.330. The van der Waals surface area contributed by atoms with Gasteiger partial charge in [0.15, 0.2) is 0 Å². The fourth-order valence-corrected chi connectivity index (χ4v) is 1.67. The van der Waals surface area contributed by atoms with Gasteiger partial charge < -0.3 is 15.0 Å². The number of nitrogens with zero attached hydrogens (tertiary/aromatic N) is 1. The summed E-state index contributed by atoms with van der Waals surface area (Å²) < 4.78 is 41.0. The predicted octanol–water partition coefficient (Wildman–Crippen LogP) is 1.25. The molecule has 1 rings (SSSR count). The topological polar surface area (TPSA) is 24.5 Å². The van der Waals surface area contributed by atoms with Crippen molar-refractivity contribution in [1.29, 1.82) is 0 Å². The molecule has 16 heavy (non-hydrogen) atoms. The molecule has 1 heterocycles. The van der Waals surface area contributed by atoms with Gasteiger partial charge in [0.1, 0.15) is 0 Å². The maximum Gasteiger partial charge on any atom is 0.389 e. The molecule has 6 heteroatoms. The maximum absolute atomic E-state index is 11.8. The summed E-state index contributed by atoms with van der Waals surface area (Å²) in [5, 5.41) is 3.00. The van der Waals surface area contributed by atoms with Gasteiger partial charge in [-0.3, -0.25) is 0 Å². The summed E-state index contributed by atoms with van der Waals surface area (Å²) in [5.74, 6) is 0. The maximum atomic E-state index is 11.8. The highest BCUT2D eigenvalue weighted by molar-refractivity contribution is 4.70. The van der Waals surface area contributed by atoms with E-state index in [9.17, 15) is 13.2 Å². The van der Waals surface area contributed by atoms with Gasteiger partial charge in [-0.15, -0.1) is 0 Å². The van der Waals surface area contributed by atoms with Crippen molar-refractivity contribution in [3.05, 3.63) is 0 Å². The molecule has 1 unspecified atom stereocenters. The summed E-state index contributed by atoms with van der Waals surface area (Å²) in [6, 6.07) is 0. The normalized spacial score (nSPS) is 23.6. The van der Waals surface area contributed by atoms with Gasteiger partial charge in [0.25, 0.3) is 0 Å². The summed E-state index contributed by atoms with van der Waals surface area (Å²) in [4.78, 5) is 2.16. The van der Waals surface area contributed by atoms with Crippen LogP contribution in [-0.2, 0) is 4.74 Å². The number of nitrogens with one attached hydrogen (secondary N) is 1. The molecule has 3 nitrogen and oxygen atoms in total. The van der Waals surface area contributed by atoms with E-state index in [4.69, 9.17) is 4.74 Å². The van der Waals surface area contributed by atoms with Crippen LogP contribution in [0.5, 0.6) is 0 Å². The summed E-state index contributed by atoms with van der Waals surface area (Å²) >= 11 is 0. The minimum absolute atomic E-state index is 0.102. The monoisotopic (exact) mass is 240 g/mol. The molecule has 0 radical (unpaired) electrons. The first-order chi connectivity index (χ1) is 7.47. The van der Waals surface area contributed by atoms with E-state index in [1.165, 1.54) is 0 Å². The number of likely N-dealkylation sites (N-methyl/N-ethyl adjacent to an activating group) is 1. The van der Waals surface area contributed by atoms with Gasteiger partial charge in [-0.2, -0.15) is 13.2 Å². The van der Waals surface area contributed by atoms with Gasteiger partial charge in [-0.25, -0.2) is 0 Å². The van der Waals surface area contributed by atoms with Gasteiger partial charge in [0.2, 0.25) is 0 Å². The van der Waals surface area contributed by atoms with E-state index in [-0.39, 0.29) is 12.5 Å². The molecule has 0 bridgehead atoms. The Kier molecular flexibility index (Phi) is 5.51. The first kappa shape index (κ1) is 13.7. The van der Waals surface area contributed by atoms with E-state index >= 15 is 0 Å². The third-order valence-corrected chi connectivity index (χ3v) is 2.53. The Morgan fingerprint density at radius 3 is 2.81 bits per heavy atom. The molecule has 0 aromatic rings. The lowest BCUT2D eigenvalue weighted by molar-refractivity contribution is -0.135. The number of halogens is 3. The molecule has 1 atom stereocenters. The van der Waals surface area contributed by atoms with Crippen LogP contribution in [0.1, 0.15) is 12.8 Å². The minimum atomic E-state index is -4.04. The molecule has 1 N–H and O–H groups in total. The third kappa shape index (κ3) is 6.30. The van der Waals surface area contributed by atoms with Crippen molar-refractivity contribution in [2.75, 3.05) is 39.8 Å². The third-order valence-electron chi connectivity index (χ3n) is 2.53. The van der Waals surface area contributed by atoms with Gasteiger partial charge in [-0.05, 0) is 20.0 Å². The minimum Gasteiger partial charge on any atom is -0.374 e. The van der Waals surface area contributed by atoms with Crippen LogP contribution in [0.3, 0.4) is 0 Å². The van der Waals surface area contributed by atoms with Gasteiger partial charge in [0, 0.05) is 26.1 Å². The van der Waals surface area contributed by atoms with E-state index in [1.54, 1.807) is 0 Å². The van der Waals surface area contributed by atoms with Crippen molar-refractivity contribution in [3.63, 3.8) is 0 Å². The fraction of sp³-hybridized carbons (Fsp3) is 1.00. The van der Waals surface area contributed by atoms with Crippen LogP contribution in [0.15, 0.2) is 0 Å². The largest absolute Gasteiger partial charge is 0.389 e. The molecule has 0 aromatic carbocycles. The van der Waals surface area contributed by atoms with Gasteiger partial charge >= 0.3 is 6.18 Å². The van der Waals surface area contributed by atoms with Crippen molar-refractivity contribution >= 4 is 0 Å². The zero-order valence-electron chi connectivity index (χ0n) is 9.52. The molecule has 0 aromatic heterocycles. The molecule has 0 spiro atoms. The van der Waals surface area contributed by atoms with Crippen LogP contribution in [0.2, 0.25) is 0 Å². The van der Waals surface area contributed by atoms with Crippen LogP contribution in [0.25, 0.3) is 0 Å². The lowest BCUT2D eigenvalue weighted by atomic mass is 10.2. The lowest BCUT2D eigenvalue weighted by Crippen LogP contribution is -2.45. The molecule has 0 amide bonds. The Morgan fingerprint density at radius 1 is 1.44 bits per heavy atom. The zero-order valence-corrected chi connectivity index (χ0v) is 9.52. The number of morpholine rings is 1. The van der Waals surface area contributed by atoms with E-state index < -0.39 is 12.6 Å². The summed E-state index contributed by atoms with van der Waals surface area (Å²) in [6.45, 7) is 3.48. The Labute approximate surface area is 93.9 Å². The van der Waals surface area contributed by atoms with Crippen LogP contribution >= 0.6 is 0 Å². The van der Waals surface area contributed by atoms with E-state index in [0.29, 0.717) is 19.7 Å². The second-order valence-electron chi connectivity index (χ2n) is 4.18. The van der Waals surface area contributed by atoms with E-state index in [2.05, 4.69) is 10.2 Å². The second kappa shape index (κ2) is 6.42. The molecule has 96 valence electrons. The molecular weight excluding hydrogens is 221 g/mol. The predicted molar refractivity (Wildman–Crippen MR) is 55.4 cm³/mol. The number of hydrogen-bond acceptors (Lipinski definition) is 3. The average molecular weight is 240 g/mol. The summed E-state index contributed by atoms with van der Waals surface area (Å²) in [5.41, 5.74) is 0. The summed E-state index contributed by atoms with van der Waals surface area (Å²) in [7, 11) is 2.01. The highest BCUT2D eigenvalue weighted by Gasteiger charge is 2.26. The van der Waals surface area contributed by atoms with Crippen molar-refractivity contribution in [1.82, 2.24) is 10.2 Å². The highest BCUT2D eigenvalue weighted by atomic mass is 19.4. The van der Waals surface area contributed by atoms with Crippen LogP contribution < -0.4 is 5.32 Å². The standard InChI is InChI=1S/C10H19F3N2O/c1-15-5-6-16-9(8-15)7-14-4-2-3-10(11,12)13/h9,14H,2-8H2,1H3. The molecule has 0 saturated carbocycles. The first-order valence-corrected chi connectivity index (χ1v) is 5.55. The number of ether oxygens (including phenoxy) is 1. The lowest BCUT2D eigenvalue weighted by Gasteiger charge is -2.30. The molecule has 0 aliphatic carbocycles. The molecule has 1 saturated heterocycles.